The number of alkyl carbamates (subject to hydrolysis) is 1. The first-order valence-corrected chi connectivity index (χ1v) is 11.7. The quantitative estimate of drug-likeness (QED) is 0.491. The Morgan fingerprint density at radius 2 is 1.91 bits per heavy atom. The normalized spacial score (nSPS) is 14.4. The van der Waals surface area contributed by atoms with Gasteiger partial charge < -0.3 is 14.6 Å². The lowest BCUT2D eigenvalue weighted by Crippen LogP contribution is -2.35. The largest absolute Gasteiger partial charge is 0.444 e. The van der Waals surface area contributed by atoms with Crippen LogP contribution in [0.25, 0.3) is 10.9 Å². The van der Waals surface area contributed by atoms with Crippen molar-refractivity contribution in [3.05, 3.63) is 69.3 Å². The second kappa shape index (κ2) is 9.34. The third-order valence-electron chi connectivity index (χ3n) is 5.64. The van der Waals surface area contributed by atoms with Gasteiger partial charge in [-0.25, -0.2) is 4.79 Å². The highest BCUT2D eigenvalue weighted by molar-refractivity contribution is 6.42. The number of benzene rings is 2. The lowest BCUT2D eigenvalue weighted by atomic mass is 10.0. The van der Waals surface area contributed by atoms with E-state index in [0.717, 1.165) is 31.6 Å². The van der Waals surface area contributed by atoms with Gasteiger partial charge in [-0.15, -0.1) is 0 Å². The lowest BCUT2D eigenvalue weighted by molar-refractivity contribution is 0.0526. The molecule has 32 heavy (non-hydrogen) atoms. The number of nitrogens with zero attached hydrogens (tertiary/aromatic N) is 2. The highest BCUT2D eigenvalue weighted by Gasteiger charge is 2.24. The summed E-state index contributed by atoms with van der Waals surface area (Å²) in [5.41, 5.74) is 4.57. The molecule has 1 aliphatic heterocycles. The van der Waals surface area contributed by atoms with Crippen molar-refractivity contribution < 1.29 is 9.53 Å². The summed E-state index contributed by atoms with van der Waals surface area (Å²) >= 11 is 12.3. The number of ether oxygens (including phenoxy) is 1. The Kier molecular flexibility index (Phi) is 6.70. The number of carbonyl (C=O) groups excluding carboxylic acids is 1. The molecule has 4 rings (SSSR count). The number of carbonyl (C=O) groups is 1. The van der Waals surface area contributed by atoms with Crippen LogP contribution in [0.1, 0.15) is 37.6 Å². The van der Waals surface area contributed by atoms with Crippen molar-refractivity contribution in [2.24, 2.45) is 0 Å². The molecule has 0 unspecified atom stereocenters. The minimum absolute atomic E-state index is 0.385. The maximum absolute atomic E-state index is 12.1. The number of para-hydroxylation sites is 1. The lowest BCUT2D eigenvalue weighted by Gasteiger charge is -2.28. The van der Waals surface area contributed by atoms with Crippen molar-refractivity contribution in [3.63, 3.8) is 0 Å². The highest BCUT2D eigenvalue weighted by atomic mass is 35.5. The van der Waals surface area contributed by atoms with Gasteiger partial charge in [0.2, 0.25) is 0 Å². The van der Waals surface area contributed by atoms with Gasteiger partial charge in [0.1, 0.15) is 5.60 Å². The highest BCUT2D eigenvalue weighted by Crippen LogP contribution is 2.32. The maximum Gasteiger partial charge on any atom is 0.407 e. The van der Waals surface area contributed by atoms with Gasteiger partial charge in [0, 0.05) is 49.3 Å². The molecule has 1 aliphatic rings. The van der Waals surface area contributed by atoms with Gasteiger partial charge in [0.25, 0.3) is 0 Å². The van der Waals surface area contributed by atoms with E-state index < -0.39 is 5.60 Å². The van der Waals surface area contributed by atoms with Crippen LogP contribution in [0.4, 0.5) is 4.79 Å². The first-order chi connectivity index (χ1) is 15.2. The van der Waals surface area contributed by atoms with Crippen molar-refractivity contribution in [1.29, 1.82) is 0 Å². The van der Waals surface area contributed by atoms with Gasteiger partial charge in [0.05, 0.1) is 10.0 Å². The van der Waals surface area contributed by atoms with E-state index in [-0.39, 0.29) is 6.09 Å². The molecule has 0 spiro atoms. The van der Waals surface area contributed by atoms with Crippen LogP contribution in [0.15, 0.2) is 42.5 Å². The summed E-state index contributed by atoms with van der Waals surface area (Å²) in [5.74, 6) is 0. The summed E-state index contributed by atoms with van der Waals surface area (Å²) in [6.45, 7) is 9.44. The molecule has 1 amide bonds. The Hall–Kier alpha value is -2.21. The number of hydrogen-bond acceptors (Lipinski definition) is 3. The molecule has 2 aromatic carbocycles. The van der Waals surface area contributed by atoms with E-state index in [2.05, 4.69) is 39.0 Å². The van der Waals surface area contributed by atoms with Crippen LogP contribution in [0.2, 0.25) is 10.0 Å². The topological polar surface area (TPSA) is 46.5 Å². The molecule has 0 saturated carbocycles. The molecule has 0 atom stereocenters. The van der Waals surface area contributed by atoms with Crippen LogP contribution in [-0.2, 0) is 30.8 Å². The van der Waals surface area contributed by atoms with Crippen LogP contribution in [0, 0.1) is 0 Å². The fourth-order valence-electron chi connectivity index (χ4n) is 4.32. The predicted octanol–water partition coefficient (Wildman–Crippen LogP) is 6.03. The average Bonchev–Trinajstić information content (AvgIpc) is 3.03. The third-order valence-corrected chi connectivity index (χ3v) is 6.38. The van der Waals surface area contributed by atoms with E-state index in [1.54, 1.807) is 0 Å². The number of hydrogen-bond donors (Lipinski definition) is 1. The zero-order valence-corrected chi connectivity index (χ0v) is 20.3. The third kappa shape index (κ3) is 5.22. The summed E-state index contributed by atoms with van der Waals surface area (Å²) < 4.78 is 7.71. The molecule has 0 bridgehead atoms. The van der Waals surface area contributed by atoms with Crippen LogP contribution in [0.5, 0.6) is 0 Å². The molecule has 0 saturated heterocycles. The van der Waals surface area contributed by atoms with Crippen molar-refractivity contribution >= 4 is 40.2 Å². The average molecular weight is 474 g/mol. The summed E-state index contributed by atoms with van der Waals surface area (Å²) in [7, 11) is 0. The van der Waals surface area contributed by atoms with Gasteiger partial charge >= 0.3 is 6.09 Å². The van der Waals surface area contributed by atoms with E-state index >= 15 is 0 Å². The summed E-state index contributed by atoms with van der Waals surface area (Å²) in [6, 6.07) is 14.3. The summed E-state index contributed by atoms with van der Waals surface area (Å²) in [6.07, 6.45) is 0.605. The minimum atomic E-state index is -0.505. The number of halogens is 2. The van der Waals surface area contributed by atoms with Crippen LogP contribution in [-0.4, -0.2) is 34.3 Å². The number of amides is 1. The first-order valence-electron chi connectivity index (χ1n) is 10.9. The maximum atomic E-state index is 12.1. The molecule has 170 valence electrons. The number of rotatable bonds is 5. The second-order valence-corrected chi connectivity index (χ2v) is 10.0. The molecule has 7 heteroatoms. The van der Waals surface area contributed by atoms with Gasteiger partial charge in [-0.2, -0.15) is 0 Å². The van der Waals surface area contributed by atoms with Gasteiger partial charge in [-0.3, -0.25) is 4.90 Å². The minimum Gasteiger partial charge on any atom is -0.444 e. The van der Waals surface area contributed by atoms with Crippen LogP contribution in [0.3, 0.4) is 0 Å². The Balaban J connectivity index is 1.52. The molecule has 0 aliphatic carbocycles. The Morgan fingerprint density at radius 3 is 2.66 bits per heavy atom. The molecule has 1 N–H and O–H groups in total. The van der Waals surface area contributed by atoms with Gasteiger partial charge in [-0.05, 0) is 56.5 Å². The molecular weight excluding hydrogens is 445 g/mol. The first kappa shape index (κ1) is 23.0. The van der Waals surface area contributed by atoms with Crippen molar-refractivity contribution in [3.8, 4) is 0 Å². The zero-order chi connectivity index (χ0) is 22.9. The SMILES string of the molecule is CC(C)(C)OC(=O)NCCn1c2c(c3ccccc31)CCN(Cc1ccc(Cl)c(Cl)c1)C2. The van der Waals surface area contributed by atoms with Crippen molar-refractivity contribution in [2.45, 2.75) is 52.4 Å². The second-order valence-electron chi connectivity index (χ2n) is 9.23. The zero-order valence-electron chi connectivity index (χ0n) is 18.8. The molecule has 1 aromatic heterocycles. The summed E-state index contributed by atoms with van der Waals surface area (Å²) in [4.78, 5) is 14.5. The number of aromatic nitrogens is 1. The molecular formula is C25H29Cl2N3O2. The molecule has 2 heterocycles. The molecule has 0 radical (unpaired) electrons. The van der Waals surface area contributed by atoms with Crippen LogP contribution < -0.4 is 5.32 Å². The Labute approximate surface area is 199 Å². The predicted molar refractivity (Wildman–Crippen MR) is 130 cm³/mol. The molecule has 0 fully saturated rings. The van der Waals surface area contributed by atoms with E-state index in [0.29, 0.717) is 23.1 Å². The number of fused-ring (bicyclic) bond motifs is 3. The fourth-order valence-corrected chi connectivity index (χ4v) is 4.64. The van der Waals surface area contributed by atoms with E-state index in [9.17, 15) is 4.79 Å². The van der Waals surface area contributed by atoms with Crippen molar-refractivity contribution in [2.75, 3.05) is 13.1 Å². The smallest absolute Gasteiger partial charge is 0.407 e. The fraction of sp³-hybridized carbons (Fsp3) is 0.400. The Bertz CT molecular complexity index is 1130. The van der Waals surface area contributed by atoms with Gasteiger partial charge in [-0.1, -0.05) is 47.5 Å². The van der Waals surface area contributed by atoms with Gasteiger partial charge in [0.15, 0.2) is 0 Å². The Morgan fingerprint density at radius 1 is 1.12 bits per heavy atom. The monoisotopic (exact) mass is 473 g/mol. The van der Waals surface area contributed by atoms with Crippen LogP contribution >= 0.6 is 23.2 Å². The van der Waals surface area contributed by atoms with E-state index in [1.165, 1.54) is 22.2 Å². The standard InChI is InChI=1S/C25H29Cl2N3O2/c1-25(2,3)32-24(31)28-11-13-30-22-7-5-4-6-18(22)19-10-12-29(16-23(19)30)15-17-8-9-20(26)21(27)14-17/h4-9,14H,10-13,15-16H2,1-3H3,(H,28,31). The number of nitrogens with one attached hydrogen (secondary N) is 1. The molecule has 3 aromatic rings. The molecule has 5 nitrogen and oxygen atoms in total. The summed E-state index contributed by atoms with van der Waals surface area (Å²) in [5, 5.41) is 5.35. The van der Waals surface area contributed by atoms with E-state index in [4.69, 9.17) is 27.9 Å². The van der Waals surface area contributed by atoms with Crippen molar-refractivity contribution in [1.82, 2.24) is 14.8 Å². The van der Waals surface area contributed by atoms with E-state index in [1.807, 2.05) is 39.0 Å².